The average molecular weight is 344 g/mol. The van der Waals surface area contributed by atoms with Crippen molar-refractivity contribution in [2.24, 2.45) is 0 Å². The van der Waals surface area contributed by atoms with Crippen LogP contribution in [0.25, 0.3) is 11.3 Å². The molecule has 0 unspecified atom stereocenters. The molecule has 2 aromatic carbocycles. The Labute approximate surface area is 150 Å². The van der Waals surface area contributed by atoms with Gasteiger partial charge in [-0.15, -0.1) is 0 Å². The van der Waals surface area contributed by atoms with Crippen molar-refractivity contribution in [2.75, 3.05) is 5.32 Å². The zero-order valence-corrected chi connectivity index (χ0v) is 14.1. The summed E-state index contributed by atoms with van der Waals surface area (Å²) >= 11 is 0. The Balaban J connectivity index is 1.87. The minimum absolute atomic E-state index is 0.363. The van der Waals surface area contributed by atoms with E-state index in [1.54, 1.807) is 37.3 Å². The molecule has 1 aromatic heterocycles. The highest BCUT2D eigenvalue weighted by Crippen LogP contribution is 2.16. The Morgan fingerprint density at radius 2 is 1.88 bits per heavy atom. The molecule has 0 saturated carbocycles. The van der Waals surface area contributed by atoms with E-state index in [0.29, 0.717) is 16.9 Å². The molecule has 3 rings (SSSR count). The molecule has 26 heavy (non-hydrogen) atoms. The van der Waals surface area contributed by atoms with Crippen LogP contribution < -0.4 is 10.9 Å². The second-order valence-electron chi connectivity index (χ2n) is 5.73. The number of rotatable bonds is 4. The van der Waals surface area contributed by atoms with E-state index in [0.717, 1.165) is 10.2 Å². The molecule has 1 atom stereocenters. The summed E-state index contributed by atoms with van der Waals surface area (Å²) in [5.74, 6) is -0.389. The summed E-state index contributed by atoms with van der Waals surface area (Å²) < 4.78 is 1.16. The largest absolute Gasteiger partial charge is 0.324 e. The molecule has 0 aliphatic rings. The lowest BCUT2D eigenvalue weighted by molar-refractivity contribution is -0.119. The summed E-state index contributed by atoms with van der Waals surface area (Å²) in [5, 5.41) is 16.0. The van der Waals surface area contributed by atoms with Gasteiger partial charge in [0.15, 0.2) is 0 Å². The smallest absolute Gasteiger partial charge is 0.267 e. The maximum absolute atomic E-state index is 12.5. The van der Waals surface area contributed by atoms with Crippen molar-refractivity contribution < 1.29 is 4.79 Å². The van der Waals surface area contributed by atoms with E-state index in [2.05, 4.69) is 10.4 Å². The summed E-state index contributed by atoms with van der Waals surface area (Å²) in [7, 11) is 0. The number of amides is 1. The van der Waals surface area contributed by atoms with Crippen molar-refractivity contribution in [3.63, 3.8) is 0 Å². The molecule has 0 aliphatic heterocycles. The van der Waals surface area contributed by atoms with Crippen molar-refractivity contribution in [2.45, 2.75) is 13.0 Å². The van der Waals surface area contributed by atoms with Crippen LogP contribution in [0.5, 0.6) is 0 Å². The third kappa shape index (κ3) is 3.68. The number of hydrogen-bond acceptors (Lipinski definition) is 4. The van der Waals surface area contributed by atoms with Crippen LogP contribution in [0, 0.1) is 11.3 Å². The first-order valence-electron chi connectivity index (χ1n) is 8.05. The number of benzene rings is 2. The predicted octanol–water partition coefficient (Wildman–Crippen LogP) is 2.98. The second-order valence-corrected chi connectivity index (χ2v) is 5.73. The molecule has 3 aromatic rings. The number of carbonyl (C=O) groups is 1. The van der Waals surface area contributed by atoms with Crippen molar-refractivity contribution in [1.82, 2.24) is 9.78 Å². The molecule has 128 valence electrons. The maximum Gasteiger partial charge on any atom is 0.267 e. The highest BCUT2D eigenvalue weighted by molar-refractivity contribution is 5.93. The molecular formula is C20H16N4O2. The molecule has 6 heteroatoms. The van der Waals surface area contributed by atoms with Crippen LogP contribution in [0.4, 0.5) is 5.69 Å². The quantitative estimate of drug-likeness (QED) is 0.788. The standard InChI is InChI=1S/C20H16N4O2/c1-14(20(26)22-17-9-5-6-15(12-17)13-21)24-19(25)11-10-18(23-24)16-7-3-2-4-8-16/h2-12,14H,1H3,(H,22,26)/t14-/m0/s1. The third-order valence-electron chi connectivity index (χ3n) is 3.90. The fourth-order valence-electron chi connectivity index (χ4n) is 2.49. The van der Waals surface area contributed by atoms with Crippen LogP contribution in [0.2, 0.25) is 0 Å². The average Bonchev–Trinajstić information content (AvgIpc) is 2.68. The van der Waals surface area contributed by atoms with E-state index in [1.807, 2.05) is 36.4 Å². The second kappa shape index (κ2) is 7.45. The number of anilines is 1. The zero-order valence-electron chi connectivity index (χ0n) is 14.1. The van der Waals surface area contributed by atoms with Gasteiger partial charge in [0.1, 0.15) is 6.04 Å². The lowest BCUT2D eigenvalue weighted by atomic mass is 10.1. The van der Waals surface area contributed by atoms with Gasteiger partial charge < -0.3 is 5.32 Å². The van der Waals surface area contributed by atoms with E-state index in [4.69, 9.17) is 5.26 Å². The number of carbonyl (C=O) groups excluding carboxylic acids is 1. The fourth-order valence-corrected chi connectivity index (χ4v) is 2.49. The van der Waals surface area contributed by atoms with Gasteiger partial charge >= 0.3 is 0 Å². The first-order valence-corrected chi connectivity index (χ1v) is 8.05. The molecule has 0 radical (unpaired) electrons. The molecule has 0 fully saturated rings. The summed E-state index contributed by atoms with van der Waals surface area (Å²) in [6.45, 7) is 1.60. The summed E-state index contributed by atoms with van der Waals surface area (Å²) in [6, 6.07) is 20.2. The Bertz CT molecular complexity index is 1040. The van der Waals surface area contributed by atoms with Crippen molar-refractivity contribution >= 4 is 11.6 Å². The van der Waals surface area contributed by atoms with Gasteiger partial charge in [-0.25, -0.2) is 4.68 Å². The Kier molecular flexibility index (Phi) is 4.90. The Morgan fingerprint density at radius 1 is 1.12 bits per heavy atom. The molecule has 1 N–H and O–H groups in total. The molecule has 1 amide bonds. The number of nitrogens with zero attached hydrogens (tertiary/aromatic N) is 3. The molecule has 1 heterocycles. The van der Waals surface area contributed by atoms with Gasteiger partial charge in [0.05, 0.1) is 17.3 Å². The van der Waals surface area contributed by atoms with Gasteiger partial charge in [0.2, 0.25) is 5.91 Å². The van der Waals surface area contributed by atoms with Crippen LogP contribution in [0.1, 0.15) is 18.5 Å². The van der Waals surface area contributed by atoms with Crippen molar-refractivity contribution in [3.8, 4) is 17.3 Å². The zero-order chi connectivity index (χ0) is 18.5. The van der Waals surface area contributed by atoms with Crippen LogP contribution >= 0.6 is 0 Å². The Morgan fingerprint density at radius 3 is 2.62 bits per heavy atom. The SMILES string of the molecule is C[C@@H](C(=O)Nc1cccc(C#N)c1)n1nc(-c2ccccc2)ccc1=O. The number of nitriles is 1. The van der Waals surface area contributed by atoms with Crippen LogP contribution in [0.3, 0.4) is 0 Å². The van der Waals surface area contributed by atoms with Gasteiger partial charge in [0, 0.05) is 17.3 Å². The van der Waals surface area contributed by atoms with E-state index in [-0.39, 0.29) is 11.5 Å². The van der Waals surface area contributed by atoms with E-state index < -0.39 is 6.04 Å². The van der Waals surface area contributed by atoms with Crippen molar-refractivity contribution in [3.05, 3.63) is 82.6 Å². The summed E-state index contributed by atoms with van der Waals surface area (Å²) in [4.78, 5) is 24.7. The monoisotopic (exact) mass is 344 g/mol. The minimum Gasteiger partial charge on any atom is -0.324 e. The minimum atomic E-state index is -0.808. The first-order chi connectivity index (χ1) is 12.6. The van der Waals surface area contributed by atoms with Gasteiger partial charge in [-0.2, -0.15) is 10.4 Å². The van der Waals surface area contributed by atoms with E-state index >= 15 is 0 Å². The lowest BCUT2D eigenvalue weighted by Gasteiger charge is -2.15. The van der Waals surface area contributed by atoms with Crippen LogP contribution in [0.15, 0.2) is 71.5 Å². The predicted molar refractivity (Wildman–Crippen MR) is 98.4 cm³/mol. The van der Waals surface area contributed by atoms with Gasteiger partial charge in [-0.3, -0.25) is 9.59 Å². The van der Waals surface area contributed by atoms with Gasteiger partial charge in [-0.1, -0.05) is 36.4 Å². The molecule has 0 spiro atoms. The maximum atomic E-state index is 12.5. The highest BCUT2D eigenvalue weighted by atomic mass is 16.2. The first kappa shape index (κ1) is 17.1. The summed E-state index contributed by atoms with van der Waals surface area (Å²) in [5.41, 5.74) is 2.04. The number of nitrogens with one attached hydrogen (secondary N) is 1. The molecule has 0 aliphatic carbocycles. The topological polar surface area (TPSA) is 87.8 Å². The third-order valence-corrected chi connectivity index (χ3v) is 3.90. The van der Waals surface area contributed by atoms with E-state index in [1.165, 1.54) is 6.07 Å². The highest BCUT2D eigenvalue weighted by Gasteiger charge is 2.18. The summed E-state index contributed by atoms with van der Waals surface area (Å²) in [6.07, 6.45) is 0. The number of hydrogen-bond donors (Lipinski definition) is 1. The van der Waals surface area contributed by atoms with E-state index in [9.17, 15) is 9.59 Å². The molecule has 6 nitrogen and oxygen atoms in total. The molecule has 0 saturated heterocycles. The van der Waals surface area contributed by atoms with Crippen LogP contribution in [-0.2, 0) is 4.79 Å². The lowest BCUT2D eigenvalue weighted by Crippen LogP contribution is -2.33. The fraction of sp³-hybridized carbons (Fsp3) is 0.100. The number of aromatic nitrogens is 2. The van der Waals surface area contributed by atoms with Gasteiger partial charge in [-0.05, 0) is 31.2 Å². The molecule has 0 bridgehead atoms. The van der Waals surface area contributed by atoms with Gasteiger partial charge in [0.25, 0.3) is 5.56 Å². The van der Waals surface area contributed by atoms with Crippen molar-refractivity contribution in [1.29, 1.82) is 5.26 Å². The van der Waals surface area contributed by atoms with Crippen LogP contribution in [-0.4, -0.2) is 15.7 Å². The molecular weight excluding hydrogens is 328 g/mol. The Hall–Kier alpha value is -3.72. The normalized spacial score (nSPS) is 11.4.